The van der Waals surface area contributed by atoms with Crippen LogP contribution in [0.1, 0.15) is 38.7 Å². The number of halogens is 1. The van der Waals surface area contributed by atoms with Gasteiger partial charge in [-0.15, -0.1) is 0 Å². The zero-order valence-electron chi connectivity index (χ0n) is 14.0. The molecule has 0 spiro atoms. The van der Waals surface area contributed by atoms with Gasteiger partial charge in [0.15, 0.2) is 11.5 Å². The van der Waals surface area contributed by atoms with Gasteiger partial charge in [0.05, 0.1) is 26.4 Å². The van der Waals surface area contributed by atoms with Crippen molar-refractivity contribution in [1.82, 2.24) is 0 Å². The van der Waals surface area contributed by atoms with Crippen LogP contribution in [0.4, 0.5) is 0 Å². The van der Waals surface area contributed by atoms with Crippen LogP contribution in [0.2, 0.25) is 5.02 Å². The van der Waals surface area contributed by atoms with Crippen LogP contribution in [0.3, 0.4) is 0 Å². The first-order valence-corrected chi connectivity index (χ1v) is 7.85. The van der Waals surface area contributed by atoms with E-state index in [0.29, 0.717) is 47.3 Å². The predicted molar refractivity (Wildman–Crippen MR) is 88.5 cm³/mol. The molecule has 0 saturated carbocycles. The second-order valence-corrected chi connectivity index (χ2v) is 5.83. The first-order chi connectivity index (χ1) is 10.5. The van der Waals surface area contributed by atoms with Crippen molar-refractivity contribution in [3.05, 3.63) is 16.7 Å². The lowest BCUT2D eigenvalue weighted by atomic mass is 9.94. The van der Waals surface area contributed by atoms with Gasteiger partial charge in [0.2, 0.25) is 5.75 Å². The molecule has 0 amide bonds. The van der Waals surface area contributed by atoms with Crippen LogP contribution >= 0.6 is 11.6 Å². The van der Waals surface area contributed by atoms with Gasteiger partial charge in [0.1, 0.15) is 5.78 Å². The van der Waals surface area contributed by atoms with Crippen molar-refractivity contribution in [2.75, 3.05) is 21.3 Å². The first kappa shape index (κ1) is 18.6. The summed E-state index contributed by atoms with van der Waals surface area (Å²) in [5.41, 5.74) is 0.918. The fraction of sp³-hybridized carbons (Fsp3) is 0.588. The van der Waals surface area contributed by atoms with Gasteiger partial charge < -0.3 is 14.2 Å². The van der Waals surface area contributed by atoms with Crippen LogP contribution in [-0.2, 0) is 11.2 Å². The van der Waals surface area contributed by atoms with Crippen LogP contribution in [0.5, 0.6) is 17.2 Å². The Bertz CT molecular complexity index is 514. The van der Waals surface area contributed by atoms with Crippen molar-refractivity contribution in [3.63, 3.8) is 0 Å². The van der Waals surface area contributed by atoms with Gasteiger partial charge in [-0.3, -0.25) is 4.79 Å². The monoisotopic (exact) mass is 328 g/mol. The van der Waals surface area contributed by atoms with Crippen LogP contribution in [0.15, 0.2) is 6.07 Å². The molecule has 1 aromatic carbocycles. The zero-order chi connectivity index (χ0) is 16.7. The molecule has 0 radical (unpaired) electrons. The lowest BCUT2D eigenvalue weighted by molar-refractivity contribution is -0.119. The van der Waals surface area contributed by atoms with Gasteiger partial charge >= 0.3 is 0 Å². The number of hydrogen-bond acceptors (Lipinski definition) is 4. The summed E-state index contributed by atoms with van der Waals surface area (Å²) in [6.45, 7) is 4.07. The largest absolute Gasteiger partial charge is 0.492 e. The Balaban J connectivity index is 3.04. The number of ketones is 1. The van der Waals surface area contributed by atoms with Crippen molar-refractivity contribution >= 4 is 17.4 Å². The third-order valence-electron chi connectivity index (χ3n) is 3.51. The predicted octanol–water partition coefficient (Wildman–Crippen LogP) is 4.30. The Morgan fingerprint density at radius 1 is 1.14 bits per heavy atom. The summed E-state index contributed by atoms with van der Waals surface area (Å²) >= 11 is 6.25. The Hall–Kier alpha value is -1.42. The average molecular weight is 329 g/mol. The molecule has 0 fully saturated rings. The maximum atomic E-state index is 11.8. The lowest BCUT2D eigenvalue weighted by Gasteiger charge is -2.19. The number of rotatable bonds is 9. The third kappa shape index (κ3) is 4.54. The molecule has 1 unspecified atom stereocenters. The van der Waals surface area contributed by atoms with E-state index in [-0.39, 0.29) is 5.92 Å². The van der Waals surface area contributed by atoms with E-state index >= 15 is 0 Å². The number of carbonyl (C=O) groups is 1. The maximum absolute atomic E-state index is 11.8. The van der Waals surface area contributed by atoms with Crippen molar-refractivity contribution in [2.24, 2.45) is 5.92 Å². The summed E-state index contributed by atoms with van der Waals surface area (Å²) in [4.78, 5) is 11.8. The number of methoxy groups -OCH3 is 3. The summed E-state index contributed by atoms with van der Waals surface area (Å²) in [5.74, 6) is 2.06. The fourth-order valence-corrected chi connectivity index (χ4v) is 2.90. The number of hydrogen-bond donors (Lipinski definition) is 0. The SMILES string of the molecule is CCCC(=O)CC(C)Cc1cc(Cl)c(OC)c(OC)c1OC. The van der Waals surface area contributed by atoms with E-state index in [0.717, 1.165) is 12.0 Å². The number of ether oxygens (including phenoxy) is 3. The number of carbonyl (C=O) groups excluding carboxylic acids is 1. The molecule has 5 heteroatoms. The van der Waals surface area contributed by atoms with E-state index < -0.39 is 0 Å². The number of Topliss-reactive ketones (excluding diaryl/α,β-unsaturated/α-hetero) is 1. The second-order valence-electron chi connectivity index (χ2n) is 5.42. The summed E-state index contributed by atoms with van der Waals surface area (Å²) in [6.07, 6.45) is 2.77. The highest BCUT2D eigenvalue weighted by Crippen LogP contribution is 2.45. The van der Waals surface area contributed by atoms with Crippen LogP contribution in [-0.4, -0.2) is 27.1 Å². The molecule has 4 nitrogen and oxygen atoms in total. The summed E-state index contributed by atoms with van der Waals surface area (Å²) < 4.78 is 16.1. The van der Waals surface area contributed by atoms with Gasteiger partial charge in [-0.05, 0) is 24.8 Å². The van der Waals surface area contributed by atoms with Crippen molar-refractivity contribution in [2.45, 2.75) is 39.5 Å². The molecule has 0 saturated heterocycles. The van der Waals surface area contributed by atoms with Crippen LogP contribution in [0.25, 0.3) is 0 Å². The summed E-state index contributed by atoms with van der Waals surface area (Å²) in [5, 5.41) is 0.474. The van der Waals surface area contributed by atoms with E-state index in [1.165, 1.54) is 7.11 Å². The highest BCUT2D eigenvalue weighted by atomic mass is 35.5. The normalized spacial score (nSPS) is 11.9. The second kappa shape index (κ2) is 8.89. The molecule has 1 aromatic rings. The van der Waals surface area contributed by atoms with Crippen molar-refractivity contribution in [3.8, 4) is 17.2 Å². The number of benzene rings is 1. The Labute approximate surface area is 137 Å². The topological polar surface area (TPSA) is 44.8 Å². The van der Waals surface area contributed by atoms with Gasteiger partial charge in [0.25, 0.3) is 0 Å². The standard InChI is InChI=1S/C17H25ClO4/c1-6-7-13(19)9-11(2)8-12-10-14(18)16(21-4)17(22-5)15(12)20-3/h10-11H,6-9H2,1-5H3. The summed E-state index contributed by atoms with van der Waals surface area (Å²) in [7, 11) is 4.67. The molecule has 1 atom stereocenters. The molecule has 22 heavy (non-hydrogen) atoms. The van der Waals surface area contributed by atoms with E-state index in [4.69, 9.17) is 25.8 Å². The van der Waals surface area contributed by atoms with Crippen molar-refractivity contribution < 1.29 is 19.0 Å². The minimum atomic E-state index is 0.210. The zero-order valence-corrected chi connectivity index (χ0v) is 14.8. The average Bonchev–Trinajstić information content (AvgIpc) is 2.46. The maximum Gasteiger partial charge on any atom is 0.205 e. The molecule has 0 aliphatic heterocycles. The Kier molecular flexibility index (Phi) is 7.52. The minimum Gasteiger partial charge on any atom is -0.492 e. The quantitative estimate of drug-likeness (QED) is 0.677. The summed E-state index contributed by atoms with van der Waals surface area (Å²) in [6, 6.07) is 1.82. The molecule has 0 aliphatic carbocycles. The highest BCUT2D eigenvalue weighted by Gasteiger charge is 2.21. The highest BCUT2D eigenvalue weighted by molar-refractivity contribution is 6.32. The van der Waals surface area contributed by atoms with Crippen molar-refractivity contribution in [1.29, 1.82) is 0 Å². The molecule has 0 heterocycles. The smallest absolute Gasteiger partial charge is 0.205 e. The molecule has 1 rings (SSSR count). The minimum absolute atomic E-state index is 0.210. The van der Waals surface area contributed by atoms with Gasteiger partial charge in [-0.2, -0.15) is 0 Å². The molecule has 0 bridgehead atoms. The van der Waals surface area contributed by atoms with E-state index in [1.54, 1.807) is 14.2 Å². The molecule has 0 aliphatic rings. The van der Waals surface area contributed by atoms with Gasteiger partial charge in [-0.25, -0.2) is 0 Å². The van der Waals surface area contributed by atoms with Gasteiger partial charge in [0, 0.05) is 18.4 Å². The van der Waals surface area contributed by atoms with E-state index in [2.05, 4.69) is 6.92 Å². The van der Waals surface area contributed by atoms with Gasteiger partial charge in [-0.1, -0.05) is 25.4 Å². The molecule has 0 aromatic heterocycles. The molecular weight excluding hydrogens is 304 g/mol. The molecule has 124 valence electrons. The van der Waals surface area contributed by atoms with E-state index in [1.807, 2.05) is 13.0 Å². The fourth-order valence-electron chi connectivity index (χ4n) is 2.61. The Morgan fingerprint density at radius 3 is 2.23 bits per heavy atom. The van der Waals surface area contributed by atoms with Crippen LogP contribution < -0.4 is 14.2 Å². The first-order valence-electron chi connectivity index (χ1n) is 7.47. The van der Waals surface area contributed by atoms with Crippen LogP contribution in [0, 0.1) is 5.92 Å². The van der Waals surface area contributed by atoms with E-state index in [9.17, 15) is 4.79 Å². The lowest BCUT2D eigenvalue weighted by Crippen LogP contribution is -2.09. The third-order valence-corrected chi connectivity index (χ3v) is 3.79. The molecular formula is C17H25ClO4. The Morgan fingerprint density at radius 2 is 1.73 bits per heavy atom. The molecule has 0 N–H and O–H groups in total.